The second kappa shape index (κ2) is 4.52. The Kier molecular flexibility index (Phi) is 2.90. The van der Waals surface area contributed by atoms with Gasteiger partial charge in [-0.2, -0.15) is 10.1 Å². The molecule has 2 aromatic heterocycles. The average molecular weight is 218 g/mol. The highest BCUT2D eigenvalue weighted by molar-refractivity contribution is 5.85. The highest BCUT2D eigenvalue weighted by Crippen LogP contribution is 2.10. The maximum atomic E-state index is 11.3. The van der Waals surface area contributed by atoms with E-state index in [0.29, 0.717) is 18.1 Å². The minimum Gasteiger partial charge on any atom is -0.460 e. The van der Waals surface area contributed by atoms with E-state index < -0.39 is 5.97 Å². The first kappa shape index (κ1) is 10.3. The van der Waals surface area contributed by atoms with Gasteiger partial charge in [0.15, 0.2) is 5.82 Å². The topological polar surface area (TPSA) is 80.8 Å². The van der Waals surface area contributed by atoms with Crippen molar-refractivity contribution in [2.45, 2.75) is 6.92 Å². The Morgan fingerprint density at radius 2 is 2.38 bits per heavy atom. The van der Waals surface area contributed by atoms with Gasteiger partial charge < -0.3 is 4.74 Å². The smallest absolute Gasteiger partial charge is 0.375 e. The number of hydrogen-bond donors (Lipinski definition) is 1. The zero-order valence-corrected chi connectivity index (χ0v) is 8.67. The molecule has 0 saturated carbocycles. The summed E-state index contributed by atoms with van der Waals surface area (Å²) in [5.41, 5.74) is 0.606. The molecule has 0 radical (unpaired) electrons. The van der Waals surface area contributed by atoms with Crippen LogP contribution in [-0.2, 0) is 4.74 Å². The highest BCUT2D eigenvalue weighted by Gasteiger charge is 2.13. The van der Waals surface area contributed by atoms with Gasteiger partial charge in [-0.05, 0) is 19.1 Å². The number of carbonyl (C=O) groups excluding carboxylic acids is 1. The van der Waals surface area contributed by atoms with E-state index >= 15 is 0 Å². The van der Waals surface area contributed by atoms with Gasteiger partial charge in [0.2, 0.25) is 5.82 Å². The van der Waals surface area contributed by atoms with Crippen LogP contribution in [0.1, 0.15) is 17.5 Å². The van der Waals surface area contributed by atoms with Gasteiger partial charge in [0.05, 0.1) is 6.61 Å². The first-order valence-electron chi connectivity index (χ1n) is 4.82. The molecule has 0 unspecified atom stereocenters. The molecule has 0 spiro atoms. The van der Waals surface area contributed by atoms with Crippen molar-refractivity contribution in [2.24, 2.45) is 0 Å². The third kappa shape index (κ3) is 2.05. The van der Waals surface area contributed by atoms with E-state index in [9.17, 15) is 4.79 Å². The Bertz CT molecular complexity index is 481. The van der Waals surface area contributed by atoms with Crippen LogP contribution in [0.4, 0.5) is 0 Å². The number of nitrogens with zero attached hydrogens (tertiary/aromatic N) is 3. The van der Waals surface area contributed by atoms with Gasteiger partial charge in [0, 0.05) is 6.20 Å². The lowest BCUT2D eigenvalue weighted by atomic mass is 10.3. The average Bonchev–Trinajstić information content (AvgIpc) is 2.80. The zero-order valence-electron chi connectivity index (χ0n) is 8.67. The predicted molar refractivity (Wildman–Crippen MR) is 55.6 cm³/mol. The molecule has 0 bridgehead atoms. The Labute approximate surface area is 91.7 Å². The van der Waals surface area contributed by atoms with Crippen LogP contribution < -0.4 is 0 Å². The van der Waals surface area contributed by atoms with Crippen LogP contribution in [0.3, 0.4) is 0 Å². The van der Waals surface area contributed by atoms with E-state index in [2.05, 4.69) is 20.2 Å². The molecule has 0 aliphatic heterocycles. The van der Waals surface area contributed by atoms with Crippen LogP contribution in [0, 0.1) is 0 Å². The van der Waals surface area contributed by atoms with E-state index in [1.54, 1.807) is 25.3 Å². The summed E-state index contributed by atoms with van der Waals surface area (Å²) in [5.74, 6) is -0.0525. The number of nitrogens with one attached hydrogen (secondary N) is 1. The SMILES string of the molecule is CCOC(=O)c1nc(-c2ccccn2)n[nH]1. The molecular formula is C10H10N4O2. The largest absolute Gasteiger partial charge is 0.460 e. The summed E-state index contributed by atoms with van der Waals surface area (Å²) in [4.78, 5) is 19.4. The van der Waals surface area contributed by atoms with Gasteiger partial charge in [0.1, 0.15) is 5.69 Å². The number of aromatic nitrogens is 4. The van der Waals surface area contributed by atoms with Crippen molar-refractivity contribution in [1.82, 2.24) is 20.2 Å². The minimum absolute atomic E-state index is 0.0857. The molecule has 2 aromatic rings. The molecule has 2 heterocycles. The quantitative estimate of drug-likeness (QED) is 0.778. The summed E-state index contributed by atoms with van der Waals surface area (Å²) >= 11 is 0. The molecule has 1 N–H and O–H groups in total. The van der Waals surface area contributed by atoms with E-state index in [0.717, 1.165) is 0 Å². The zero-order chi connectivity index (χ0) is 11.4. The molecule has 0 aliphatic rings. The number of rotatable bonds is 3. The van der Waals surface area contributed by atoms with Crippen molar-refractivity contribution in [3.63, 3.8) is 0 Å². The Balaban J connectivity index is 2.23. The van der Waals surface area contributed by atoms with E-state index in [1.165, 1.54) is 0 Å². The number of pyridine rings is 1. The molecule has 0 saturated heterocycles. The molecule has 0 fully saturated rings. The molecule has 2 rings (SSSR count). The van der Waals surface area contributed by atoms with Gasteiger partial charge in [0.25, 0.3) is 0 Å². The van der Waals surface area contributed by atoms with Crippen LogP contribution >= 0.6 is 0 Å². The summed E-state index contributed by atoms with van der Waals surface area (Å²) < 4.78 is 4.78. The fourth-order valence-corrected chi connectivity index (χ4v) is 1.16. The number of carbonyl (C=O) groups is 1. The van der Waals surface area contributed by atoms with Gasteiger partial charge in [-0.1, -0.05) is 6.07 Å². The van der Waals surface area contributed by atoms with E-state index in [4.69, 9.17) is 4.74 Å². The minimum atomic E-state index is -0.516. The van der Waals surface area contributed by atoms with Crippen LogP contribution in [0.2, 0.25) is 0 Å². The molecule has 16 heavy (non-hydrogen) atoms. The van der Waals surface area contributed by atoms with E-state index in [1.807, 2.05) is 6.07 Å². The maximum absolute atomic E-state index is 11.3. The number of aromatic amines is 1. The van der Waals surface area contributed by atoms with E-state index in [-0.39, 0.29) is 5.82 Å². The summed E-state index contributed by atoms with van der Waals surface area (Å²) in [6.45, 7) is 2.03. The van der Waals surface area contributed by atoms with Crippen molar-refractivity contribution in [1.29, 1.82) is 0 Å². The van der Waals surface area contributed by atoms with Gasteiger partial charge in [-0.25, -0.2) is 4.79 Å². The normalized spacial score (nSPS) is 10.1. The van der Waals surface area contributed by atoms with Gasteiger partial charge in [-0.15, -0.1) is 0 Å². The lowest BCUT2D eigenvalue weighted by Gasteiger charge is -1.95. The molecule has 6 heteroatoms. The van der Waals surface area contributed by atoms with Crippen LogP contribution in [0.5, 0.6) is 0 Å². The van der Waals surface area contributed by atoms with Crippen molar-refractivity contribution < 1.29 is 9.53 Å². The summed E-state index contributed by atoms with van der Waals surface area (Å²) in [5, 5.41) is 6.40. The summed E-state index contributed by atoms with van der Waals surface area (Å²) in [7, 11) is 0. The van der Waals surface area contributed by atoms with Crippen molar-refractivity contribution >= 4 is 5.97 Å². The van der Waals surface area contributed by atoms with Crippen molar-refractivity contribution in [3.8, 4) is 11.5 Å². The molecule has 6 nitrogen and oxygen atoms in total. The molecule has 0 atom stereocenters. The predicted octanol–water partition coefficient (Wildman–Crippen LogP) is 1.04. The van der Waals surface area contributed by atoms with Crippen molar-refractivity contribution in [2.75, 3.05) is 6.61 Å². The number of ether oxygens (including phenoxy) is 1. The van der Waals surface area contributed by atoms with Gasteiger partial charge in [-0.3, -0.25) is 10.1 Å². The monoisotopic (exact) mass is 218 g/mol. The number of H-pyrrole nitrogens is 1. The Morgan fingerprint density at radius 3 is 3.06 bits per heavy atom. The maximum Gasteiger partial charge on any atom is 0.375 e. The third-order valence-corrected chi connectivity index (χ3v) is 1.85. The third-order valence-electron chi connectivity index (χ3n) is 1.85. The standard InChI is InChI=1S/C10H10N4O2/c1-2-16-10(15)9-12-8(13-14-9)7-5-3-4-6-11-7/h3-6H,2H2,1H3,(H,12,13,14). The lowest BCUT2D eigenvalue weighted by molar-refractivity contribution is 0.0512. The summed E-state index contributed by atoms with van der Waals surface area (Å²) in [6.07, 6.45) is 1.63. The molecule has 82 valence electrons. The lowest BCUT2D eigenvalue weighted by Crippen LogP contribution is -2.06. The second-order valence-electron chi connectivity index (χ2n) is 2.94. The molecule has 0 aliphatic carbocycles. The van der Waals surface area contributed by atoms with Crippen LogP contribution in [0.25, 0.3) is 11.5 Å². The Hall–Kier alpha value is -2.24. The molecule has 0 aromatic carbocycles. The van der Waals surface area contributed by atoms with Crippen LogP contribution in [-0.4, -0.2) is 32.7 Å². The summed E-state index contributed by atoms with van der Waals surface area (Å²) in [6, 6.07) is 5.38. The Morgan fingerprint density at radius 1 is 1.50 bits per heavy atom. The highest BCUT2D eigenvalue weighted by atomic mass is 16.5. The van der Waals surface area contributed by atoms with Crippen molar-refractivity contribution in [3.05, 3.63) is 30.2 Å². The molecular weight excluding hydrogens is 208 g/mol. The number of esters is 1. The molecule has 0 amide bonds. The van der Waals surface area contributed by atoms with Gasteiger partial charge >= 0.3 is 5.97 Å². The van der Waals surface area contributed by atoms with Crippen LogP contribution in [0.15, 0.2) is 24.4 Å². The fourth-order valence-electron chi connectivity index (χ4n) is 1.16. The second-order valence-corrected chi connectivity index (χ2v) is 2.94. The first-order chi connectivity index (χ1) is 7.81. The first-order valence-corrected chi connectivity index (χ1v) is 4.82. The fraction of sp³-hybridized carbons (Fsp3) is 0.200. The number of hydrogen-bond acceptors (Lipinski definition) is 5.